The Bertz CT molecular complexity index is 419. The molecule has 20 heavy (non-hydrogen) atoms. The number of rotatable bonds is 4. The summed E-state index contributed by atoms with van der Waals surface area (Å²) in [6.45, 7) is 9.19. The predicted octanol–water partition coefficient (Wildman–Crippen LogP) is 0.877. The quantitative estimate of drug-likeness (QED) is 0.751. The van der Waals surface area contributed by atoms with Crippen molar-refractivity contribution < 1.29 is 9.63 Å². The third-order valence-electron chi connectivity index (χ3n) is 4.80. The maximum atomic E-state index is 12.3. The van der Waals surface area contributed by atoms with Gasteiger partial charge in [0.1, 0.15) is 0 Å². The number of carbonyl (C=O) groups excluding carboxylic acids is 1. The standard InChI is InChI=1S/C14H24N4O2/c1-10(6-14(2)8-15-16-9-14)12-5-4-11-7-17(12)13(19)18(11)20-3/h11-12,15-16H,1,4-9H2,2-3H3/t11-,12+/m1/s1. The molecule has 0 saturated carbocycles. The lowest BCUT2D eigenvalue weighted by Crippen LogP contribution is -2.42. The number of nitrogens with zero attached hydrogens (tertiary/aromatic N) is 2. The summed E-state index contributed by atoms with van der Waals surface area (Å²) in [5.74, 6) is 0. The minimum absolute atomic E-state index is 0.00558. The predicted molar refractivity (Wildman–Crippen MR) is 75.6 cm³/mol. The van der Waals surface area contributed by atoms with Gasteiger partial charge in [-0.25, -0.2) is 4.79 Å². The summed E-state index contributed by atoms with van der Waals surface area (Å²) >= 11 is 0. The van der Waals surface area contributed by atoms with Gasteiger partial charge in [0.2, 0.25) is 0 Å². The van der Waals surface area contributed by atoms with Gasteiger partial charge in [0, 0.05) is 19.6 Å². The van der Waals surface area contributed by atoms with Crippen LogP contribution in [0.1, 0.15) is 26.2 Å². The third kappa shape index (κ3) is 2.21. The lowest BCUT2D eigenvalue weighted by Gasteiger charge is -2.34. The van der Waals surface area contributed by atoms with Crippen molar-refractivity contribution in [1.82, 2.24) is 20.8 Å². The summed E-state index contributed by atoms with van der Waals surface area (Å²) in [7, 11) is 1.57. The molecule has 0 aliphatic carbocycles. The number of amides is 2. The molecule has 3 saturated heterocycles. The van der Waals surface area contributed by atoms with E-state index in [4.69, 9.17) is 4.84 Å². The van der Waals surface area contributed by atoms with Crippen LogP contribution >= 0.6 is 0 Å². The summed E-state index contributed by atoms with van der Waals surface area (Å²) in [6, 6.07) is 0.368. The Balaban J connectivity index is 1.68. The number of urea groups is 1. The van der Waals surface area contributed by atoms with Gasteiger partial charge in [-0.15, -0.1) is 0 Å². The Kier molecular flexibility index (Phi) is 3.48. The lowest BCUT2D eigenvalue weighted by molar-refractivity contribution is -0.0997. The first-order valence-corrected chi connectivity index (χ1v) is 7.31. The second kappa shape index (κ2) is 5.02. The normalized spacial score (nSPS) is 32.0. The van der Waals surface area contributed by atoms with Crippen molar-refractivity contribution >= 4 is 6.03 Å². The van der Waals surface area contributed by atoms with Gasteiger partial charge in [-0.3, -0.25) is 15.7 Å². The largest absolute Gasteiger partial charge is 0.344 e. The van der Waals surface area contributed by atoms with Gasteiger partial charge < -0.3 is 4.90 Å². The lowest BCUT2D eigenvalue weighted by atomic mass is 9.81. The second-order valence-electron chi connectivity index (χ2n) is 6.54. The van der Waals surface area contributed by atoms with E-state index in [-0.39, 0.29) is 23.5 Å². The van der Waals surface area contributed by atoms with Crippen molar-refractivity contribution in [2.75, 3.05) is 26.7 Å². The first-order valence-electron chi connectivity index (χ1n) is 7.31. The maximum absolute atomic E-state index is 12.3. The second-order valence-corrected chi connectivity index (χ2v) is 6.54. The van der Waals surface area contributed by atoms with Gasteiger partial charge in [0.05, 0.1) is 19.2 Å². The zero-order chi connectivity index (χ0) is 14.3. The van der Waals surface area contributed by atoms with Crippen LogP contribution in [0.5, 0.6) is 0 Å². The number of fused-ring (bicyclic) bond motifs is 2. The molecule has 0 unspecified atom stereocenters. The van der Waals surface area contributed by atoms with Crippen LogP contribution in [0.15, 0.2) is 12.2 Å². The van der Waals surface area contributed by atoms with Crippen LogP contribution in [0.4, 0.5) is 4.79 Å². The highest BCUT2D eigenvalue weighted by Crippen LogP contribution is 2.36. The van der Waals surface area contributed by atoms with Crippen molar-refractivity contribution in [1.29, 1.82) is 0 Å². The molecule has 3 rings (SSSR count). The molecular formula is C14H24N4O2. The van der Waals surface area contributed by atoms with Crippen molar-refractivity contribution in [2.45, 2.75) is 38.3 Å². The third-order valence-corrected chi connectivity index (χ3v) is 4.80. The Hall–Kier alpha value is -1.11. The molecule has 0 aromatic heterocycles. The molecule has 6 nitrogen and oxygen atoms in total. The number of hydrazine groups is 1. The molecule has 0 radical (unpaired) electrons. The molecule has 0 aromatic carbocycles. The van der Waals surface area contributed by atoms with E-state index in [2.05, 4.69) is 24.4 Å². The van der Waals surface area contributed by atoms with E-state index >= 15 is 0 Å². The van der Waals surface area contributed by atoms with E-state index in [0.717, 1.165) is 38.9 Å². The monoisotopic (exact) mass is 280 g/mol. The molecule has 2 N–H and O–H groups in total. The molecule has 6 heteroatoms. The zero-order valence-corrected chi connectivity index (χ0v) is 12.3. The number of hydrogen-bond donors (Lipinski definition) is 2. The van der Waals surface area contributed by atoms with E-state index in [1.54, 1.807) is 7.11 Å². The van der Waals surface area contributed by atoms with Crippen molar-refractivity contribution in [3.63, 3.8) is 0 Å². The number of hydroxylamine groups is 2. The molecule has 3 heterocycles. The Morgan fingerprint density at radius 2 is 2.15 bits per heavy atom. The summed E-state index contributed by atoms with van der Waals surface area (Å²) in [6.07, 6.45) is 2.93. The van der Waals surface area contributed by atoms with E-state index in [9.17, 15) is 4.79 Å². The molecule has 2 atom stereocenters. The van der Waals surface area contributed by atoms with E-state index < -0.39 is 0 Å². The highest BCUT2D eigenvalue weighted by molar-refractivity contribution is 5.77. The van der Waals surface area contributed by atoms with Crippen LogP contribution < -0.4 is 10.9 Å². The molecule has 3 aliphatic rings. The maximum Gasteiger partial charge on any atom is 0.344 e. The van der Waals surface area contributed by atoms with E-state index in [1.165, 1.54) is 10.6 Å². The Morgan fingerprint density at radius 3 is 2.80 bits per heavy atom. The van der Waals surface area contributed by atoms with Gasteiger partial charge in [0.25, 0.3) is 0 Å². The van der Waals surface area contributed by atoms with Crippen LogP contribution in [-0.4, -0.2) is 54.8 Å². The summed E-state index contributed by atoms with van der Waals surface area (Å²) < 4.78 is 0. The summed E-state index contributed by atoms with van der Waals surface area (Å²) in [4.78, 5) is 19.5. The minimum Gasteiger partial charge on any atom is -0.314 e. The fourth-order valence-corrected chi connectivity index (χ4v) is 3.69. The number of nitrogens with one attached hydrogen (secondary N) is 2. The van der Waals surface area contributed by atoms with Gasteiger partial charge in [-0.2, -0.15) is 5.06 Å². The number of hydrogen-bond acceptors (Lipinski definition) is 4. The van der Waals surface area contributed by atoms with Crippen molar-refractivity contribution in [2.24, 2.45) is 5.41 Å². The molecule has 3 fully saturated rings. The fraction of sp³-hybridized carbons (Fsp3) is 0.786. The van der Waals surface area contributed by atoms with Crippen molar-refractivity contribution in [3.8, 4) is 0 Å². The van der Waals surface area contributed by atoms with Gasteiger partial charge >= 0.3 is 6.03 Å². The highest BCUT2D eigenvalue weighted by Gasteiger charge is 2.46. The van der Waals surface area contributed by atoms with Gasteiger partial charge in [-0.05, 0) is 24.7 Å². The molecular weight excluding hydrogens is 256 g/mol. The van der Waals surface area contributed by atoms with E-state index in [1.807, 2.05) is 4.90 Å². The molecule has 3 aliphatic heterocycles. The van der Waals surface area contributed by atoms with Crippen LogP contribution in [0.3, 0.4) is 0 Å². The van der Waals surface area contributed by atoms with Gasteiger partial charge in [0.15, 0.2) is 0 Å². The average molecular weight is 280 g/mol. The Labute approximate surface area is 120 Å². The zero-order valence-electron chi connectivity index (χ0n) is 12.3. The fourth-order valence-electron chi connectivity index (χ4n) is 3.69. The van der Waals surface area contributed by atoms with Crippen LogP contribution in [0.2, 0.25) is 0 Å². The molecule has 112 valence electrons. The molecule has 2 amide bonds. The number of carbonyl (C=O) groups is 1. The smallest absolute Gasteiger partial charge is 0.314 e. The van der Waals surface area contributed by atoms with Crippen LogP contribution in [0.25, 0.3) is 0 Å². The van der Waals surface area contributed by atoms with Crippen molar-refractivity contribution in [3.05, 3.63) is 12.2 Å². The van der Waals surface area contributed by atoms with E-state index in [0.29, 0.717) is 0 Å². The highest BCUT2D eigenvalue weighted by atomic mass is 16.7. The number of piperidine rings is 1. The first kappa shape index (κ1) is 13.9. The summed E-state index contributed by atoms with van der Waals surface area (Å²) in [5.41, 5.74) is 7.72. The summed E-state index contributed by atoms with van der Waals surface area (Å²) in [5, 5.41) is 1.52. The molecule has 0 spiro atoms. The van der Waals surface area contributed by atoms with Crippen LogP contribution in [0, 0.1) is 5.41 Å². The Morgan fingerprint density at radius 1 is 1.45 bits per heavy atom. The van der Waals surface area contributed by atoms with Crippen LogP contribution in [-0.2, 0) is 4.84 Å². The molecule has 0 aromatic rings. The topological polar surface area (TPSA) is 56.8 Å². The first-order chi connectivity index (χ1) is 9.54. The minimum atomic E-state index is -0.00558. The average Bonchev–Trinajstić information content (AvgIpc) is 2.94. The van der Waals surface area contributed by atoms with Gasteiger partial charge in [-0.1, -0.05) is 19.1 Å². The SMILES string of the molecule is C=C(CC1(C)CNNC1)[C@@H]1CC[C@@H]2CN1C(=O)N2OC. The molecule has 2 bridgehead atoms.